The number of nitro benzene ring substituents is 1. The quantitative estimate of drug-likeness (QED) is 0.248. The van der Waals surface area contributed by atoms with E-state index in [9.17, 15) is 14.9 Å². The Morgan fingerprint density at radius 3 is 2.43 bits per heavy atom. The van der Waals surface area contributed by atoms with Gasteiger partial charge in [0.15, 0.2) is 5.76 Å². The van der Waals surface area contributed by atoms with Gasteiger partial charge in [-0.3, -0.25) is 14.9 Å². The molecule has 0 aliphatic rings. The smallest absolute Gasteiger partial charge is 0.307 e. The van der Waals surface area contributed by atoms with Gasteiger partial charge in [-0.05, 0) is 86.3 Å². The van der Waals surface area contributed by atoms with Crippen molar-refractivity contribution in [1.82, 2.24) is 5.43 Å². The number of ether oxygens (including phenoxy) is 1. The van der Waals surface area contributed by atoms with Crippen LogP contribution in [-0.2, 0) is 6.61 Å². The number of hydrazone groups is 1. The lowest BCUT2D eigenvalue weighted by atomic mass is 10.2. The molecule has 0 aliphatic heterocycles. The number of hydrogen-bond acceptors (Lipinski definition) is 6. The van der Waals surface area contributed by atoms with Crippen LogP contribution in [0.25, 0.3) is 0 Å². The zero-order chi connectivity index (χ0) is 21.7. The second-order valence-electron chi connectivity index (χ2n) is 6.14. The molecule has 154 valence electrons. The molecular formula is C20H15Br2N3O5. The number of halogens is 2. The average Bonchev–Trinajstić information content (AvgIpc) is 3.14. The topological polar surface area (TPSA) is 107 Å². The maximum Gasteiger partial charge on any atom is 0.307 e. The zero-order valence-electron chi connectivity index (χ0n) is 15.6. The van der Waals surface area contributed by atoms with Crippen molar-refractivity contribution in [2.24, 2.45) is 5.10 Å². The molecule has 0 atom stereocenters. The molecular weight excluding hydrogens is 522 g/mol. The Balaban J connectivity index is 1.63. The third-order valence-electron chi connectivity index (χ3n) is 3.89. The van der Waals surface area contributed by atoms with Crippen molar-refractivity contribution in [3.8, 4) is 5.75 Å². The monoisotopic (exact) mass is 535 g/mol. The van der Waals surface area contributed by atoms with Crippen molar-refractivity contribution < 1.29 is 18.9 Å². The van der Waals surface area contributed by atoms with Crippen LogP contribution in [-0.4, -0.2) is 17.0 Å². The highest BCUT2D eigenvalue weighted by molar-refractivity contribution is 9.11. The molecule has 0 spiro atoms. The van der Waals surface area contributed by atoms with E-state index in [2.05, 4.69) is 42.4 Å². The Kier molecular flexibility index (Phi) is 7.01. The number of nitro groups is 1. The van der Waals surface area contributed by atoms with Gasteiger partial charge in [-0.1, -0.05) is 0 Å². The number of nitrogens with zero attached hydrogens (tertiary/aromatic N) is 2. The predicted molar refractivity (Wildman–Crippen MR) is 118 cm³/mol. The first-order valence-corrected chi connectivity index (χ1v) is 10.2. The van der Waals surface area contributed by atoms with E-state index < -0.39 is 10.8 Å². The van der Waals surface area contributed by atoms with Crippen LogP contribution in [0.2, 0.25) is 0 Å². The molecule has 0 fully saturated rings. The van der Waals surface area contributed by atoms with Gasteiger partial charge in [0.25, 0.3) is 5.69 Å². The number of benzene rings is 2. The summed E-state index contributed by atoms with van der Waals surface area (Å²) < 4.78 is 12.4. The molecule has 0 aliphatic carbocycles. The second-order valence-corrected chi connectivity index (χ2v) is 7.84. The number of amides is 1. The van der Waals surface area contributed by atoms with Gasteiger partial charge >= 0.3 is 5.91 Å². The maximum absolute atomic E-state index is 11.9. The lowest BCUT2D eigenvalue weighted by molar-refractivity contribution is -0.384. The number of aryl methyl sites for hydroxylation is 1. The molecule has 0 saturated carbocycles. The third-order valence-corrected chi connectivity index (χ3v) is 5.07. The number of hydrogen-bond donors (Lipinski definition) is 1. The van der Waals surface area contributed by atoms with Crippen LogP contribution in [0.4, 0.5) is 5.69 Å². The summed E-state index contributed by atoms with van der Waals surface area (Å²) in [7, 11) is 0. The summed E-state index contributed by atoms with van der Waals surface area (Å²) in [6, 6.07) is 13.0. The minimum Gasteiger partial charge on any atom is -0.487 e. The summed E-state index contributed by atoms with van der Waals surface area (Å²) in [5, 5.41) is 14.7. The average molecular weight is 537 g/mol. The Hall–Kier alpha value is -2.98. The molecule has 30 heavy (non-hydrogen) atoms. The molecule has 8 nitrogen and oxygen atoms in total. The third kappa shape index (κ3) is 5.55. The fourth-order valence-corrected chi connectivity index (χ4v) is 3.89. The van der Waals surface area contributed by atoms with Crippen LogP contribution in [0.5, 0.6) is 5.75 Å². The second kappa shape index (κ2) is 9.68. The Bertz CT molecular complexity index is 1090. The Morgan fingerprint density at radius 1 is 1.20 bits per heavy atom. The van der Waals surface area contributed by atoms with E-state index in [1.807, 2.05) is 0 Å². The number of furan rings is 1. The van der Waals surface area contributed by atoms with Crippen molar-refractivity contribution in [2.45, 2.75) is 13.5 Å². The first kappa shape index (κ1) is 21.7. The molecule has 1 heterocycles. The lowest BCUT2D eigenvalue weighted by Gasteiger charge is -2.11. The van der Waals surface area contributed by atoms with E-state index in [-0.39, 0.29) is 18.1 Å². The SMILES string of the molecule is Cc1ccc(C(=O)N/N=C/c2cc(Br)c(OCc3ccc([N+](=O)[O-])cc3)c(Br)c2)o1. The molecule has 1 aromatic heterocycles. The molecule has 0 bridgehead atoms. The van der Waals surface area contributed by atoms with Gasteiger partial charge in [0.1, 0.15) is 18.1 Å². The molecule has 2 aromatic carbocycles. The van der Waals surface area contributed by atoms with Crippen LogP contribution in [0, 0.1) is 17.0 Å². The molecule has 0 unspecified atom stereocenters. The summed E-state index contributed by atoms with van der Waals surface area (Å²) in [5.74, 6) is 0.949. The van der Waals surface area contributed by atoms with Crippen LogP contribution in [0.3, 0.4) is 0 Å². The predicted octanol–water partition coefficient (Wildman–Crippen LogP) is 5.36. The summed E-state index contributed by atoms with van der Waals surface area (Å²) in [4.78, 5) is 22.2. The van der Waals surface area contributed by atoms with Crippen LogP contribution in [0.15, 0.2) is 67.0 Å². The van der Waals surface area contributed by atoms with Crippen LogP contribution >= 0.6 is 31.9 Å². The molecule has 0 saturated heterocycles. The number of carbonyl (C=O) groups excluding carboxylic acids is 1. The molecule has 3 aromatic rings. The van der Waals surface area contributed by atoms with Crippen molar-refractivity contribution in [3.05, 3.63) is 90.2 Å². The van der Waals surface area contributed by atoms with Gasteiger partial charge in [-0.15, -0.1) is 0 Å². The molecule has 3 rings (SSSR count). The first-order chi connectivity index (χ1) is 14.3. The van der Waals surface area contributed by atoms with Gasteiger partial charge < -0.3 is 9.15 Å². The molecule has 1 amide bonds. The first-order valence-electron chi connectivity index (χ1n) is 8.58. The van der Waals surface area contributed by atoms with Gasteiger partial charge in [0, 0.05) is 12.1 Å². The minimum absolute atomic E-state index is 0.0269. The van der Waals surface area contributed by atoms with Crippen molar-refractivity contribution >= 4 is 49.7 Å². The number of non-ortho nitro benzene ring substituents is 1. The van der Waals surface area contributed by atoms with Gasteiger partial charge in [0.2, 0.25) is 0 Å². The minimum atomic E-state index is -0.448. The maximum atomic E-state index is 11.9. The van der Waals surface area contributed by atoms with Gasteiger partial charge in [-0.25, -0.2) is 5.43 Å². The van der Waals surface area contributed by atoms with Crippen molar-refractivity contribution in [1.29, 1.82) is 0 Å². The summed E-state index contributed by atoms with van der Waals surface area (Å²) in [6.07, 6.45) is 1.49. The zero-order valence-corrected chi connectivity index (χ0v) is 18.8. The lowest BCUT2D eigenvalue weighted by Crippen LogP contribution is -2.16. The summed E-state index contributed by atoms with van der Waals surface area (Å²) in [6.45, 7) is 1.99. The van der Waals surface area contributed by atoms with Crippen molar-refractivity contribution in [2.75, 3.05) is 0 Å². The summed E-state index contributed by atoms with van der Waals surface area (Å²) >= 11 is 6.91. The fourth-order valence-electron chi connectivity index (χ4n) is 2.44. The standard InChI is InChI=1S/C20H15Br2N3O5/c1-12-2-7-18(30-12)20(26)24-23-10-14-8-16(21)19(17(22)9-14)29-11-13-3-5-15(6-4-13)25(27)28/h2-10H,11H2,1H3,(H,24,26)/b23-10+. The van der Waals surface area contributed by atoms with Gasteiger partial charge in [-0.2, -0.15) is 5.10 Å². The molecule has 10 heteroatoms. The van der Waals surface area contributed by atoms with Crippen LogP contribution < -0.4 is 10.2 Å². The van der Waals surface area contributed by atoms with E-state index in [1.54, 1.807) is 43.3 Å². The van der Waals surface area contributed by atoms with E-state index in [4.69, 9.17) is 9.15 Å². The highest BCUT2D eigenvalue weighted by atomic mass is 79.9. The van der Waals surface area contributed by atoms with Gasteiger partial charge in [0.05, 0.1) is 20.1 Å². The normalized spacial score (nSPS) is 10.9. The largest absolute Gasteiger partial charge is 0.487 e. The highest BCUT2D eigenvalue weighted by Crippen LogP contribution is 2.35. The van der Waals surface area contributed by atoms with E-state index in [0.717, 1.165) is 5.56 Å². The van der Waals surface area contributed by atoms with Crippen molar-refractivity contribution in [3.63, 3.8) is 0 Å². The number of carbonyl (C=O) groups is 1. The fraction of sp³-hybridized carbons (Fsp3) is 0.100. The molecule has 1 N–H and O–H groups in total. The van der Waals surface area contributed by atoms with E-state index in [0.29, 0.717) is 26.0 Å². The Morgan fingerprint density at radius 2 is 1.87 bits per heavy atom. The van der Waals surface area contributed by atoms with E-state index in [1.165, 1.54) is 18.3 Å². The summed E-state index contributed by atoms with van der Waals surface area (Å²) in [5.41, 5.74) is 3.93. The van der Waals surface area contributed by atoms with Crippen LogP contribution in [0.1, 0.15) is 27.4 Å². The highest BCUT2D eigenvalue weighted by Gasteiger charge is 2.11. The Labute approximate surface area is 188 Å². The molecule has 0 radical (unpaired) electrons. The number of nitrogens with one attached hydrogen (secondary N) is 1. The number of rotatable bonds is 7. The van der Waals surface area contributed by atoms with E-state index >= 15 is 0 Å².